The minimum absolute atomic E-state index is 0.00810. The van der Waals surface area contributed by atoms with Gasteiger partial charge >= 0.3 is 0 Å². The Morgan fingerprint density at radius 3 is 2.62 bits per heavy atom. The molecule has 3 nitrogen and oxygen atoms in total. The topological polar surface area (TPSA) is 29.5 Å². The van der Waals surface area contributed by atoms with E-state index in [1.165, 1.54) is 6.42 Å². The van der Waals surface area contributed by atoms with Gasteiger partial charge in [0, 0.05) is 12.1 Å². The average molecular weight is 185 g/mol. The molecular weight excluding hydrogens is 166 g/mol. The van der Waals surface area contributed by atoms with Crippen LogP contribution in [-0.4, -0.2) is 29.7 Å². The molecule has 0 radical (unpaired) electrons. The van der Waals surface area contributed by atoms with E-state index in [-0.39, 0.29) is 11.8 Å². The molecule has 0 bridgehead atoms. The molecule has 1 saturated heterocycles. The third-order valence-electron chi connectivity index (χ3n) is 2.52. The van der Waals surface area contributed by atoms with Crippen molar-refractivity contribution in [3.63, 3.8) is 0 Å². The molecule has 1 rings (SSSR count). The maximum atomic E-state index is 10.3. The first kappa shape index (κ1) is 10.5. The summed E-state index contributed by atoms with van der Waals surface area (Å²) in [4.78, 5) is 12.6. The van der Waals surface area contributed by atoms with Crippen molar-refractivity contribution >= 4 is 6.47 Å². The smallest absolute Gasteiger partial charge is 0.294 e. The molecule has 1 aliphatic heterocycles. The minimum Gasteiger partial charge on any atom is -0.449 e. The monoisotopic (exact) mass is 185 g/mol. The van der Waals surface area contributed by atoms with Crippen LogP contribution in [0, 0.1) is 0 Å². The van der Waals surface area contributed by atoms with Gasteiger partial charge in [-0.25, -0.2) is 0 Å². The highest BCUT2D eigenvalue weighted by atomic mass is 16.5. The highest BCUT2D eigenvalue weighted by molar-refractivity contribution is 5.37. The van der Waals surface area contributed by atoms with E-state index in [1.807, 2.05) is 0 Å². The van der Waals surface area contributed by atoms with Crippen LogP contribution >= 0.6 is 0 Å². The van der Waals surface area contributed by atoms with Crippen molar-refractivity contribution < 1.29 is 9.53 Å². The van der Waals surface area contributed by atoms with Crippen LogP contribution in [-0.2, 0) is 9.53 Å². The summed E-state index contributed by atoms with van der Waals surface area (Å²) >= 11 is 0. The lowest BCUT2D eigenvalue weighted by molar-refractivity contribution is -0.153. The second-order valence-electron chi connectivity index (χ2n) is 4.55. The van der Waals surface area contributed by atoms with E-state index in [0.29, 0.717) is 6.47 Å². The molecule has 1 unspecified atom stereocenters. The van der Waals surface area contributed by atoms with Crippen LogP contribution in [0.25, 0.3) is 0 Å². The van der Waals surface area contributed by atoms with Gasteiger partial charge in [-0.2, -0.15) is 0 Å². The van der Waals surface area contributed by atoms with E-state index < -0.39 is 0 Å². The molecule has 1 aliphatic rings. The van der Waals surface area contributed by atoms with Crippen molar-refractivity contribution in [2.24, 2.45) is 0 Å². The molecule has 1 atom stereocenters. The van der Waals surface area contributed by atoms with Crippen molar-refractivity contribution in [1.82, 2.24) is 4.90 Å². The Balaban J connectivity index is 2.61. The Bertz CT molecular complexity index is 174. The summed E-state index contributed by atoms with van der Waals surface area (Å²) < 4.78 is 5.07. The third kappa shape index (κ3) is 2.69. The summed E-state index contributed by atoms with van der Waals surface area (Å²) in [7, 11) is 0. The lowest BCUT2D eigenvalue weighted by Crippen LogP contribution is -2.51. The van der Waals surface area contributed by atoms with Crippen molar-refractivity contribution in [3.8, 4) is 0 Å². The lowest BCUT2D eigenvalue weighted by Gasteiger charge is -2.43. The molecule has 13 heavy (non-hydrogen) atoms. The minimum atomic E-state index is -0.00810. The summed E-state index contributed by atoms with van der Waals surface area (Å²) in [6.07, 6.45) is 3.32. The zero-order valence-electron chi connectivity index (χ0n) is 8.75. The molecule has 0 N–H and O–H groups in total. The maximum Gasteiger partial charge on any atom is 0.294 e. The van der Waals surface area contributed by atoms with Crippen LogP contribution in [0.2, 0.25) is 0 Å². The average Bonchev–Trinajstić information content (AvgIpc) is 2.04. The molecule has 1 fully saturated rings. The molecule has 0 spiro atoms. The molecule has 0 aromatic carbocycles. The fraction of sp³-hybridized carbons (Fsp3) is 0.900. The quantitative estimate of drug-likeness (QED) is 0.614. The van der Waals surface area contributed by atoms with E-state index >= 15 is 0 Å². The molecule has 0 saturated carbocycles. The van der Waals surface area contributed by atoms with Gasteiger partial charge in [-0.1, -0.05) is 0 Å². The first-order valence-electron chi connectivity index (χ1n) is 4.91. The predicted molar refractivity (Wildman–Crippen MR) is 51.2 cm³/mol. The number of nitrogens with zero attached hydrogens (tertiary/aromatic N) is 1. The number of ether oxygens (including phenoxy) is 1. The van der Waals surface area contributed by atoms with Gasteiger partial charge in [0.25, 0.3) is 6.47 Å². The van der Waals surface area contributed by atoms with Gasteiger partial charge in [0.1, 0.15) is 0 Å². The van der Waals surface area contributed by atoms with Crippen LogP contribution in [0.4, 0.5) is 0 Å². The Kier molecular flexibility index (Phi) is 3.31. The van der Waals surface area contributed by atoms with Gasteiger partial charge in [0.05, 0.1) is 0 Å². The van der Waals surface area contributed by atoms with Gasteiger partial charge in [-0.15, -0.1) is 0 Å². The molecular formula is C10H19NO2. The van der Waals surface area contributed by atoms with Crippen LogP contribution in [0.15, 0.2) is 0 Å². The van der Waals surface area contributed by atoms with Gasteiger partial charge in [-0.3, -0.25) is 9.69 Å². The number of hydrogen-bond acceptors (Lipinski definition) is 3. The van der Waals surface area contributed by atoms with Gasteiger partial charge < -0.3 is 4.74 Å². The normalized spacial score (nSPS) is 25.6. The largest absolute Gasteiger partial charge is 0.449 e. The van der Waals surface area contributed by atoms with Crippen molar-refractivity contribution in [2.75, 3.05) is 6.54 Å². The summed E-state index contributed by atoms with van der Waals surface area (Å²) in [6, 6.07) is 0. The third-order valence-corrected chi connectivity index (χ3v) is 2.52. The molecule has 0 aliphatic carbocycles. The maximum absolute atomic E-state index is 10.3. The Labute approximate surface area is 80.1 Å². The number of piperidine rings is 1. The van der Waals surface area contributed by atoms with Crippen LogP contribution in [0.5, 0.6) is 0 Å². The van der Waals surface area contributed by atoms with Crippen LogP contribution in [0.1, 0.15) is 40.0 Å². The fourth-order valence-corrected chi connectivity index (χ4v) is 1.87. The summed E-state index contributed by atoms with van der Waals surface area (Å²) in [5.41, 5.74) is 0.0914. The number of carbonyl (C=O) groups excluding carboxylic acids is 1. The molecule has 3 heteroatoms. The zero-order chi connectivity index (χ0) is 9.90. The second-order valence-corrected chi connectivity index (χ2v) is 4.55. The van der Waals surface area contributed by atoms with E-state index in [2.05, 4.69) is 25.7 Å². The molecule has 0 aromatic rings. The zero-order valence-corrected chi connectivity index (χ0v) is 8.75. The van der Waals surface area contributed by atoms with E-state index in [4.69, 9.17) is 4.74 Å². The molecule has 0 amide bonds. The molecule has 1 heterocycles. The Morgan fingerprint density at radius 2 is 2.08 bits per heavy atom. The number of likely N-dealkylation sites (tertiary alicyclic amines) is 1. The first-order valence-corrected chi connectivity index (χ1v) is 4.91. The standard InChI is InChI=1S/C10H19NO2/c1-10(2,3)11-7-5-4-6-9(11)13-8-12/h8-9H,4-7H2,1-3H3. The van der Waals surface area contributed by atoms with E-state index in [0.717, 1.165) is 19.4 Å². The second kappa shape index (κ2) is 4.09. The fourth-order valence-electron chi connectivity index (χ4n) is 1.87. The van der Waals surface area contributed by atoms with Crippen molar-refractivity contribution in [3.05, 3.63) is 0 Å². The Hall–Kier alpha value is -0.570. The summed E-state index contributed by atoms with van der Waals surface area (Å²) in [5, 5.41) is 0. The lowest BCUT2D eigenvalue weighted by atomic mass is 10.00. The molecule has 76 valence electrons. The SMILES string of the molecule is CC(C)(C)N1CCCCC1OC=O. The Morgan fingerprint density at radius 1 is 1.38 bits per heavy atom. The highest BCUT2D eigenvalue weighted by Gasteiger charge is 2.31. The van der Waals surface area contributed by atoms with E-state index in [1.54, 1.807) is 0 Å². The van der Waals surface area contributed by atoms with E-state index in [9.17, 15) is 4.79 Å². The number of rotatable bonds is 2. The van der Waals surface area contributed by atoms with Crippen LogP contribution in [0.3, 0.4) is 0 Å². The van der Waals surface area contributed by atoms with Gasteiger partial charge in [0.15, 0.2) is 6.23 Å². The first-order chi connectivity index (χ1) is 6.05. The summed E-state index contributed by atoms with van der Waals surface area (Å²) in [6.45, 7) is 8.05. The van der Waals surface area contributed by atoms with Gasteiger partial charge in [0.2, 0.25) is 0 Å². The highest BCUT2D eigenvalue weighted by Crippen LogP contribution is 2.25. The predicted octanol–water partition coefficient (Wildman–Crippen LogP) is 1.77. The number of hydrogen-bond donors (Lipinski definition) is 0. The summed E-state index contributed by atoms with van der Waals surface area (Å²) in [5.74, 6) is 0. The molecule has 0 aromatic heterocycles. The van der Waals surface area contributed by atoms with Gasteiger partial charge in [-0.05, 0) is 40.0 Å². The van der Waals surface area contributed by atoms with Crippen molar-refractivity contribution in [2.45, 2.75) is 51.8 Å². The van der Waals surface area contributed by atoms with Crippen molar-refractivity contribution in [1.29, 1.82) is 0 Å². The number of carbonyl (C=O) groups is 1. The van der Waals surface area contributed by atoms with Crippen LogP contribution < -0.4 is 0 Å².